The van der Waals surface area contributed by atoms with Crippen molar-refractivity contribution in [3.8, 4) is 0 Å². The average molecular weight is 476 g/mol. The molecule has 1 heterocycles. The number of hydrogen-bond donors (Lipinski definition) is 0. The molecule has 1 atom stereocenters. The van der Waals surface area contributed by atoms with Crippen LogP contribution >= 0.6 is 0 Å². The number of amidine groups is 1. The first kappa shape index (κ1) is 31.1. The van der Waals surface area contributed by atoms with Gasteiger partial charge in [-0.15, -0.1) is 0 Å². The summed E-state index contributed by atoms with van der Waals surface area (Å²) < 4.78 is 0.329. The summed E-state index contributed by atoms with van der Waals surface area (Å²) in [6.45, 7) is 4.56. The van der Waals surface area contributed by atoms with Crippen molar-refractivity contribution in [3.63, 3.8) is 0 Å². The lowest BCUT2D eigenvalue weighted by Gasteiger charge is -2.25. The Morgan fingerprint density at radius 3 is 1.44 bits per heavy atom. The molecule has 1 unspecified atom stereocenters. The van der Waals surface area contributed by atoms with Gasteiger partial charge >= 0.3 is 5.91 Å². The standard InChI is InChI=1S/C31H59N2O/c1-4-6-8-10-12-14-16-18-20-22-24-26-30-32-28-29-33(30,3)31(34)27-25-23-21-19-17-15-13-11-9-7-5-2/h28-29H,4-27H2,1-3H3/q+1. The van der Waals surface area contributed by atoms with Gasteiger partial charge in [-0.3, -0.25) is 0 Å². The third-order valence-electron chi connectivity index (χ3n) is 7.64. The zero-order chi connectivity index (χ0) is 24.7. The van der Waals surface area contributed by atoms with Crippen LogP contribution in [0.5, 0.6) is 0 Å². The lowest BCUT2D eigenvalue weighted by atomic mass is 10.0. The van der Waals surface area contributed by atoms with E-state index in [2.05, 4.69) is 18.8 Å². The van der Waals surface area contributed by atoms with Crippen molar-refractivity contribution in [1.82, 2.24) is 0 Å². The fraction of sp³-hybridized carbons (Fsp3) is 0.871. The van der Waals surface area contributed by atoms with Gasteiger partial charge in [-0.1, -0.05) is 142 Å². The summed E-state index contributed by atoms with van der Waals surface area (Å²) in [5.74, 6) is 1.38. The molecule has 0 aromatic carbocycles. The lowest BCUT2D eigenvalue weighted by molar-refractivity contribution is -0.683. The summed E-state index contributed by atoms with van der Waals surface area (Å²) in [7, 11) is 2.04. The number of carbonyl (C=O) groups excluding carboxylic acids is 1. The lowest BCUT2D eigenvalue weighted by Crippen LogP contribution is -2.47. The molecule has 0 bridgehead atoms. The fourth-order valence-electron chi connectivity index (χ4n) is 5.10. The van der Waals surface area contributed by atoms with E-state index in [0.717, 1.165) is 25.1 Å². The molecule has 1 aliphatic heterocycles. The van der Waals surface area contributed by atoms with Crippen molar-refractivity contribution < 1.29 is 9.28 Å². The Balaban J connectivity index is 2.04. The number of hydrogen-bond acceptors (Lipinski definition) is 2. The monoisotopic (exact) mass is 475 g/mol. The minimum Gasteiger partial charge on any atom is -0.230 e. The normalized spacial score (nSPS) is 17.4. The molecule has 0 aromatic heterocycles. The predicted molar refractivity (Wildman–Crippen MR) is 150 cm³/mol. The van der Waals surface area contributed by atoms with Crippen LogP contribution in [-0.2, 0) is 4.79 Å². The highest BCUT2D eigenvalue weighted by Gasteiger charge is 2.37. The van der Waals surface area contributed by atoms with Gasteiger partial charge < -0.3 is 0 Å². The van der Waals surface area contributed by atoms with E-state index in [1.165, 1.54) is 128 Å². The van der Waals surface area contributed by atoms with E-state index in [1.54, 1.807) is 0 Å². The maximum atomic E-state index is 13.0. The number of carbonyl (C=O) groups is 1. The number of nitrogens with zero attached hydrogens (tertiary/aromatic N) is 2. The molecule has 0 saturated heterocycles. The van der Waals surface area contributed by atoms with Crippen LogP contribution in [0.1, 0.15) is 168 Å². The third-order valence-corrected chi connectivity index (χ3v) is 7.64. The van der Waals surface area contributed by atoms with Gasteiger partial charge in [0.2, 0.25) is 5.84 Å². The maximum absolute atomic E-state index is 13.0. The van der Waals surface area contributed by atoms with E-state index >= 15 is 0 Å². The van der Waals surface area contributed by atoms with Crippen LogP contribution in [0.4, 0.5) is 0 Å². The molecule has 1 aliphatic rings. The van der Waals surface area contributed by atoms with E-state index in [-0.39, 0.29) is 0 Å². The van der Waals surface area contributed by atoms with Crippen molar-refractivity contribution in [2.75, 3.05) is 7.05 Å². The van der Waals surface area contributed by atoms with E-state index < -0.39 is 0 Å². The fourth-order valence-corrected chi connectivity index (χ4v) is 5.10. The molecule has 0 spiro atoms. The molecule has 3 heteroatoms. The summed E-state index contributed by atoms with van der Waals surface area (Å²) in [6, 6.07) is 0. The molecule has 0 aliphatic carbocycles. The quantitative estimate of drug-likeness (QED) is 0.101. The predicted octanol–water partition coefficient (Wildman–Crippen LogP) is 10.2. The zero-order valence-corrected chi connectivity index (χ0v) is 23.4. The Labute approximate surface area is 213 Å². The van der Waals surface area contributed by atoms with Crippen LogP contribution in [0.15, 0.2) is 17.4 Å². The van der Waals surface area contributed by atoms with Gasteiger partial charge in [-0.2, -0.15) is 4.48 Å². The second kappa shape index (κ2) is 21.3. The molecule has 198 valence electrons. The molecule has 0 N–H and O–H groups in total. The number of amides is 1. The summed E-state index contributed by atoms with van der Waals surface area (Å²) in [5, 5.41) is 0. The Bertz CT molecular complexity index is 554. The number of quaternary nitrogens is 1. The van der Waals surface area contributed by atoms with Crippen molar-refractivity contribution in [2.24, 2.45) is 4.99 Å². The van der Waals surface area contributed by atoms with E-state index in [0.29, 0.717) is 16.8 Å². The molecule has 0 radical (unpaired) electrons. The molecule has 0 aromatic rings. The van der Waals surface area contributed by atoms with E-state index in [4.69, 9.17) is 0 Å². The third kappa shape index (κ3) is 14.4. The summed E-state index contributed by atoms with van der Waals surface area (Å²) in [5.41, 5.74) is 0. The zero-order valence-electron chi connectivity index (χ0n) is 23.4. The van der Waals surface area contributed by atoms with Crippen molar-refractivity contribution in [2.45, 2.75) is 168 Å². The minimum atomic E-state index is 0.325. The molecule has 34 heavy (non-hydrogen) atoms. The first-order valence-electron chi connectivity index (χ1n) is 15.3. The first-order chi connectivity index (χ1) is 16.6. The van der Waals surface area contributed by atoms with Gasteiger partial charge in [0.25, 0.3) is 0 Å². The summed E-state index contributed by atoms with van der Waals surface area (Å²) >= 11 is 0. The van der Waals surface area contributed by atoms with Crippen LogP contribution in [0, 0.1) is 0 Å². The van der Waals surface area contributed by atoms with Gasteiger partial charge in [0.15, 0.2) is 0 Å². The second-order valence-corrected chi connectivity index (χ2v) is 10.9. The average Bonchev–Trinajstić information content (AvgIpc) is 3.22. The molecule has 0 fully saturated rings. The van der Waals surface area contributed by atoms with Crippen LogP contribution in [0.2, 0.25) is 0 Å². The summed E-state index contributed by atoms with van der Waals surface area (Å²) in [4.78, 5) is 17.6. The molecule has 1 rings (SSSR count). The van der Waals surface area contributed by atoms with Crippen LogP contribution in [0.25, 0.3) is 0 Å². The molecule has 3 nitrogen and oxygen atoms in total. The van der Waals surface area contributed by atoms with Gasteiger partial charge in [-0.05, 0) is 12.8 Å². The topological polar surface area (TPSA) is 29.4 Å². The highest BCUT2D eigenvalue weighted by molar-refractivity contribution is 5.90. The van der Waals surface area contributed by atoms with E-state index in [9.17, 15) is 4.79 Å². The molecule has 1 amide bonds. The summed E-state index contributed by atoms with van der Waals surface area (Å²) in [6.07, 6.45) is 35.0. The maximum Gasteiger partial charge on any atom is 0.324 e. The highest BCUT2D eigenvalue weighted by atomic mass is 16.2. The van der Waals surface area contributed by atoms with Crippen LogP contribution in [-0.4, -0.2) is 23.3 Å². The number of rotatable bonds is 24. The highest BCUT2D eigenvalue weighted by Crippen LogP contribution is 2.22. The smallest absolute Gasteiger partial charge is 0.230 e. The Morgan fingerprint density at radius 1 is 0.618 bits per heavy atom. The van der Waals surface area contributed by atoms with Crippen LogP contribution in [0.3, 0.4) is 0 Å². The first-order valence-corrected chi connectivity index (χ1v) is 15.3. The Kier molecular flexibility index (Phi) is 19.5. The number of unbranched alkanes of at least 4 members (excludes halogenated alkanes) is 20. The van der Waals surface area contributed by atoms with Crippen molar-refractivity contribution in [1.29, 1.82) is 0 Å². The molecular weight excluding hydrogens is 416 g/mol. The molecule has 0 saturated carbocycles. The van der Waals surface area contributed by atoms with Gasteiger partial charge in [0, 0.05) is 6.42 Å². The Hall–Kier alpha value is -0.960. The SMILES string of the molecule is CCCCCCCCCCCCCC(=O)[N+]1(C)C=CN=C1CCCCCCCCCCCCC. The second-order valence-electron chi connectivity index (χ2n) is 10.9. The molecular formula is C31H59N2O+. The van der Waals surface area contributed by atoms with Crippen LogP contribution < -0.4 is 0 Å². The van der Waals surface area contributed by atoms with E-state index in [1.807, 2.05) is 19.4 Å². The van der Waals surface area contributed by atoms with Crippen molar-refractivity contribution in [3.05, 3.63) is 12.4 Å². The Morgan fingerprint density at radius 2 is 1.00 bits per heavy atom. The number of aliphatic imine (C=N–C) groups is 1. The van der Waals surface area contributed by atoms with Gasteiger partial charge in [0.05, 0.1) is 19.7 Å². The van der Waals surface area contributed by atoms with Crippen molar-refractivity contribution >= 4 is 11.7 Å². The van der Waals surface area contributed by atoms with Gasteiger partial charge in [0.1, 0.15) is 6.20 Å². The largest absolute Gasteiger partial charge is 0.324 e. The minimum absolute atomic E-state index is 0.325. The van der Waals surface area contributed by atoms with Gasteiger partial charge in [-0.25, -0.2) is 9.79 Å².